The second kappa shape index (κ2) is 7.16. The zero-order valence-corrected chi connectivity index (χ0v) is 11.1. The first-order chi connectivity index (χ1) is 7.72. The van der Waals surface area contributed by atoms with Crippen LogP contribution in [0.1, 0.15) is 58.3 Å². The van der Waals surface area contributed by atoms with Crippen LogP contribution in [0.2, 0.25) is 0 Å². The van der Waals surface area contributed by atoms with E-state index in [2.05, 4.69) is 12.2 Å². The lowest BCUT2D eigenvalue weighted by atomic mass is 9.88. The van der Waals surface area contributed by atoms with Crippen molar-refractivity contribution in [2.75, 3.05) is 12.4 Å². The molecule has 0 radical (unpaired) electrons. The summed E-state index contributed by atoms with van der Waals surface area (Å²) in [5.74, 6) is 0.882. The number of nitrogens with one attached hydrogen (secondary N) is 1. The topological polar surface area (TPSA) is 29.1 Å². The van der Waals surface area contributed by atoms with Crippen LogP contribution in [-0.4, -0.2) is 18.3 Å². The lowest BCUT2D eigenvalue weighted by Crippen LogP contribution is -2.37. The first kappa shape index (κ1) is 13.8. The lowest BCUT2D eigenvalue weighted by molar-refractivity contribution is -0.121. The minimum atomic E-state index is 0.196. The molecule has 0 atom stereocenters. The van der Waals surface area contributed by atoms with Gasteiger partial charge in [-0.3, -0.25) is 4.79 Å². The molecule has 1 aliphatic rings. The third-order valence-corrected chi connectivity index (χ3v) is 4.18. The molecule has 1 aliphatic carbocycles. The SMILES string of the molecule is CCCCCC(=O)NCC1(CCl)CCCC1. The van der Waals surface area contributed by atoms with Gasteiger partial charge in [-0.25, -0.2) is 0 Å². The summed E-state index contributed by atoms with van der Waals surface area (Å²) in [6.07, 6.45) is 8.86. The number of halogens is 1. The van der Waals surface area contributed by atoms with Crippen molar-refractivity contribution < 1.29 is 4.79 Å². The molecular formula is C13H24ClNO. The third kappa shape index (κ3) is 4.32. The lowest BCUT2D eigenvalue weighted by Gasteiger charge is -2.26. The van der Waals surface area contributed by atoms with Crippen LogP contribution in [0.3, 0.4) is 0 Å². The first-order valence-electron chi connectivity index (χ1n) is 6.55. The number of hydrogen-bond donors (Lipinski definition) is 1. The molecule has 1 rings (SSSR count). The number of rotatable bonds is 7. The zero-order valence-electron chi connectivity index (χ0n) is 10.4. The Kier molecular flexibility index (Phi) is 6.18. The van der Waals surface area contributed by atoms with Gasteiger partial charge < -0.3 is 5.32 Å². The Bertz CT molecular complexity index is 212. The zero-order chi connectivity index (χ0) is 11.9. The van der Waals surface area contributed by atoms with Crippen molar-refractivity contribution in [1.82, 2.24) is 5.32 Å². The van der Waals surface area contributed by atoms with Gasteiger partial charge in [0.25, 0.3) is 0 Å². The van der Waals surface area contributed by atoms with Crippen LogP contribution in [-0.2, 0) is 4.79 Å². The summed E-state index contributed by atoms with van der Waals surface area (Å²) in [5.41, 5.74) is 0.196. The van der Waals surface area contributed by atoms with Gasteiger partial charge in [0.15, 0.2) is 0 Å². The number of carbonyl (C=O) groups excluding carboxylic acids is 1. The van der Waals surface area contributed by atoms with Crippen LogP contribution >= 0.6 is 11.6 Å². The quantitative estimate of drug-likeness (QED) is 0.540. The van der Waals surface area contributed by atoms with Crippen molar-refractivity contribution in [1.29, 1.82) is 0 Å². The van der Waals surface area contributed by atoms with E-state index in [1.54, 1.807) is 0 Å². The Hall–Kier alpha value is -0.240. The molecule has 1 fully saturated rings. The third-order valence-electron chi connectivity index (χ3n) is 3.62. The highest BCUT2D eigenvalue weighted by atomic mass is 35.5. The maximum atomic E-state index is 11.6. The van der Waals surface area contributed by atoms with Crippen molar-refractivity contribution in [2.45, 2.75) is 58.3 Å². The minimum Gasteiger partial charge on any atom is -0.356 e. The highest BCUT2D eigenvalue weighted by Gasteiger charge is 2.33. The van der Waals surface area contributed by atoms with E-state index in [-0.39, 0.29) is 11.3 Å². The van der Waals surface area contributed by atoms with Crippen molar-refractivity contribution in [3.63, 3.8) is 0 Å². The predicted octanol–water partition coefficient (Wildman–Crippen LogP) is 3.48. The number of alkyl halides is 1. The smallest absolute Gasteiger partial charge is 0.220 e. The highest BCUT2D eigenvalue weighted by molar-refractivity contribution is 6.18. The van der Waals surface area contributed by atoms with Crippen LogP contribution in [0.5, 0.6) is 0 Å². The number of hydrogen-bond acceptors (Lipinski definition) is 1. The van der Waals surface area contributed by atoms with E-state index in [4.69, 9.17) is 11.6 Å². The largest absolute Gasteiger partial charge is 0.356 e. The Balaban J connectivity index is 2.19. The second-order valence-corrected chi connectivity index (χ2v) is 5.34. The molecule has 0 aliphatic heterocycles. The fourth-order valence-electron chi connectivity index (χ4n) is 2.39. The maximum Gasteiger partial charge on any atom is 0.220 e. The van der Waals surface area contributed by atoms with Gasteiger partial charge in [-0.1, -0.05) is 32.6 Å². The highest BCUT2D eigenvalue weighted by Crippen LogP contribution is 2.38. The molecular weight excluding hydrogens is 222 g/mol. The Morgan fingerprint density at radius 1 is 1.31 bits per heavy atom. The number of amides is 1. The Morgan fingerprint density at radius 2 is 2.00 bits per heavy atom. The molecule has 1 amide bonds. The van der Waals surface area contributed by atoms with Gasteiger partial charge in [0, 0.05) is 24.3 Å². The molecule has 0 saturated heterocycles. The van der Waals surface area contributed by atoms with Crippen molar-refractivity contribution in [3.05, 3.63) is 0 Å². The predicted molar refractivity (Wildman–Crippen MR) is 68.8 cm³/mol. The van der Waals surface area contributed by atoms with E-state index in [0.29, 0.717) is 12.3 Å². The molecule has 0 bridgehead atoms. The van der Waals surface area contributed by atoms with Gasteiger partial charge in [0.05, 0.1) is 0 Å². The van der Waals surface area contributed by atoms with E-state index in [1.807, 2.05) is 0 Å². The monoisotopic (exact) mass is 245 g/mol. The maximum absolute atomic E-state index is 11.6. The van der Waals surface area contributed by atoms with Crippen molar-refractivity contribution in [2.24, 2.45) is 5.41 Å². The Morgan fingerprint density at radius 3 is 2.56 bits per heavy atom. The Labute approximate surface area is 104 Å². The van der Waals surface area contributed by atoms with Gasteiger partial charge in [0.1, 0.15) is 0 Å². The summed E-state index contributed by atoms with van der Waals surface area (Å²) in [6.45, 7) is 2.93. The first-order valence-corrected chi connectivity index (χ1v) is 7.08. The summed E-state index contributed by atoms with van der Waals surface area (Å²) in [7, 11) is 0. The van der Waals surface area contributed by atoms with E-state index in [0.717, 1.165) is 19.4 Å². The average Bonchev–Trinajstić information content (AvgIpc) is 2.76. The number of unbranched alkanes of at least 4 members (excludes halogenated alkanes) is 2. The van der Waals surface area contributed by atoms with Crippen LogP contribution in [0.15, 0.2) is 0 Å². The van der Waals surface area contributed by atoms with Gasteiger partial charge in [-0.05, 0) is 19.3 Å². The molecule has 0 spiro atoms. The summed E-state index contributed by atoms with van der Waals surface area (Å²) < 4.78 is 0. The van der Waals surface area contributed by atoms with E-state index in [9.17, 15) is 4.79 Å². The molecule has 1 saturated carbocycles. The van der Waals surface area contributed by atoms with E-state index >= 15 is 0 Å². The molecule has 0 heterocycles. The number of carbonyl (C=O) groups is 1. The fourth-order valence-corrected chi connectivity index (χ4v) is 2.75. The molecule has 0 unspecified atom stereocenters. The van der Waals surface area contributed by atoms with E-state index in [1.165, 1.54) is 32.1 Å². The fraction of sp³-hybridized carbons (Fsp3) is 0.923. The molecule has 3 heteroatoms. The average molecular weight is 246 g/mol. The second-order valence-electron chi connectivity index (χ2n) is 5.07. The van der Waals surface area contributed by atoms with Crippen molar-refractivity contribution >= 4 is 17.5 Å². The molecule has 0 aromatic carbocycles. The van der Waals surface area contributed by atoms with Gasteiger partial charge in [0.2, 0.25) is 5.91 Å². The molecule has 2 nitrogen and oxygen atoms in total. The minimum absolute atomic E-state index is 0.196. The summed E-state index contributed by atoms with van der Waals surface area (Å²) in [5, 5.41) is 3.05. The molecule has 0 aromatic heterocycles. The molecule has 1 N–H and O–H groups in total. The molecule has 16 heavy (non-hydrogen) atoms. The normalized spacial score (nSPS) is 18.6. The standard InChI is InChI=1S/C13H24ClNO/c1-2-3-4-7-12(16)15-11-13(10-14)8-5-6-9-13/h2-11H2,1H3,(H,15,16). The summed E-state index contributed by atoms with van der Waals surface area (Å²) >= 11 is 6.02. The van der Waals surface area contributed by atoms with Crippen LogP contribution < -0.4 is 5.32 Å². The molecule has 0 aromatic rings. The van der Waals surface area contributed by atoms with Gasteiger partial charge in [-0.15, -0.1) is 11.6 Å². The van der Waals surface area contributed by atoms with Crippen molar-refractivity contribution in [3.8, 4) is 0 Å². The van der Waals surface area contributed by atoms with E-state index < -0.39 is 0 Å². The van der Waals surface area contributed by atoms with Crippen LogP contribution in [0.4, 0.5) is 0 Å². The summed E-state index contributed by atoms with van der Waals surface area (Å²) in [6, 6.07) is 0. The summed E-state index contributed by atoms with van der Waals surface area (Å²) in [4.78, 5) is 11.6. The molecule has 94 valence electrons. The van der Waals surface area contributed by atoms with Crippen LogP contribution in [0, 0.1) is 5.41 Å². The van der Waals surface area contributed by atoms with Gasteiger partial charge >= 0.3 is 0 Å². The van der Waals surface area contributed by atoms with Gasteiger partial charge in [-0.2, -0.15) is 0 Å². The van der Waals surface area contributed by atoms with Crippen LogP contribution in [0.25, 0.3) is 0 Å².